The third-order valence-electron chi connectivity index (χ3n) is 2.87. The SMILES string of the molecule is CCC(N)c1ccc(Sc2ccc(F)c(F)c2)cc1. The normalized spacial score (nSPS) is 12.4. The molecular weight excluding hydrogens is 264 g/mol. The minimum atomic E-state index is -0.825. The first-order chi connectivity index (χ1) is 9.10. The molecule has 4 heteroatoms. The van der Waals surface area contributed by atoms with E-state index < -0.39 is 11.6 Å². The van der Waals surface area contributed by atoms with Gasteiger partial charge in [0.2, 0.25) is 0 Å². The molecule has 0 saturated carbocycles. The summed E-state index contributed by atoms with van der Waals surface area (Å²) < 4.78 is 25.9. The van der Waals surface area contributed by atoms with Gasteiger partial charge in [0, 0.05) is 15.8 Å². The van der Waals surface area contributed by atoms with E-state index in [2.05, 4.69) is 0 Å². The van der Waals surface area contributed by atoms with Gasteiger partial charge in [-0.05, 0) is 42.3 Å². The quantitative estimate of drug-likeness (QED) is 0.890. The third-order valence-corrected chi connectivity index (χ3v) is 3.87. The highest BCUT2D eigenvalue weighted by Gasteiger charge is 2.06. The molecule has 2 aromatic rings. The molecule has 0 aliphatic carbocycles. The number of rotatable bonds is 4. The van der Waals surface area contributed by atoms with Crippen molar-refractivity contribution in [2.75, 3.05) is 0 Å². The van der Waals surface area contributed by atoms with Crippen LogP contribution in [0, 0.1) is 11.6 Å². The molecule has 2 N–H and O–H groups in total. The van der Waals surface area contributed by atoms with Gasteiger partial charge in [-0.1, -0.05) is 30.8 Å². The zero-order valence-electron chi connectivity index (χ0n) is 10.6. The van der Waals surface area contributed by atoms with Gasteiger partial charge in [-0.15, -0.1) is 0 Å². The van der Waals surface area contributed by atoms with Gasteiger partial charge in [-0.2, -0.15) is 0 Å². The summed E-state index contributed by atoms with van der Waals surface area (Å²) in [4.78, 5) is 1.64. The van der Waals surface area contributed by atoms with Crippen LogP contribution in [0.5, 0.6) is 0 Å². The monoisotopic (exact) mass is 279 g/mol. The summed E-state index contributed by atoms with van der Waals surface area (Å²) in [5, 5.41) is 0. The molecule has 0 bridgehead atoms. The second-order valence-electron chi connectivity index (χ2n) is 4.26. The van der Waals surface area contributed by atoms with Gasteiger partial charge in [0.15, 0.2) is 11.6 Å². The van der Waals surface area contributed by atoms with Crippen LogP contribution in [0.15, 0.2) is 52.3 Å². The fourth-order valence-corrected chi connectivity index (χ4v) is 2.54. The van der Waals surface area contributed by atoms with Crippen molar-refractivity contribution in [3.63, 3.8) is 0 Å². The molecule has 19 heavy (non-hydrogen) atoms. The third kappa shape index (κ3) is 3.55. The van der Waals surface area contributed by atoms with Crippen molar-refractivity contribution in [1.29, 1.82) is 0 Å². The molecular formula is C15H15F2NS. The van der Waals surface area contributed by atoms with E-state index >= 15 is 0 Å². The second kappa shape index (κ2) is 6.17. The smallest absolute Gasteiger partial charge is 0.159 e. The lowest BCUT2D eigenvalue weighted by molar-refractivity contribution is 0.506. The minimum Gasteiger partial charge on any atom is -0.324 e. The summed E-state index contributed by atoms with van der Waals surface area (Å²) >= 11 is 1.39. The van der Waals surface area contributed by atoms with E-state index in [0.29, 0.717) is 4.90 Å². The maximum atomic E-state index is 13.1. The summed E-state index contributed by atoms with van der Waals surface area (Å²) in [7, 11) is 0. The van der Waals surface area contributed by atoms with Crippen LogP contribution >= 0.6 is 11.8 Å². The highest BCUT2D eigenvalue weighted by Crippen LogP contribution is 2.29. The number of nitrogens with two attached hydrogens (primary N) is 1. The van der Waals surface area contributed by atoms with E-state index in [-0.39, 0.29) is 6.04 Å². The summed E-state index contributed by atoms with van der Waals surface area (Å²) in [5.41, 5.74) is 7.02. The van der Waals surface area contributed by atoms with Crippen LogP contribution in [0.1, 0.15) is 24.9 Å². The van der Waals surface area contributed by atoms with Crippen LogP contribution in [-0.2, 0) is 0 Å². The van der Waals surface area contributed by atoms with Crippen LogP contribution < -0.4 is 5.73 Å². The fourth-order valence-electron chi connectivity index (χ4n) is 1.70. The van der Waals surface area contributed by atoms with E-state index in [4.69, 9.17) is 5.73 Å². The van der Waals surface area contributed by atoms with Crippen molar-refractivity contribution < 1.29 is 8.78 Å². The highest BCUT2D eigenvalue weighted by molar-refractivity contribution is 7.99. The first-order valence-electron chi connectivity index (χ1n) is 6.08. The van der Waals surface area contributed by atoms with E-state index in [9.17, 15) is 8.78 Å². The topological polar surface area (TPSA) is 26.0 Å². The molecule has 0 heterocycles. The van der Waals surface area contributed by atoms with Gasteiger partial charge in [-0.25, -0.2) is 8.78 Å². The molecule has 1 atom stereocenters. The zero-order chi connectivity index (χ0) is 13.8. The fraction of sp³-hybridized carbons (Fsp3) is 0.200. The van der Waals surface area contributed by atoms with Gasteiger partial charge in [0.05, 0.1) is 0 Å². The molecule has 0 radical (unpaired) electrons. The summed E-state index contributed by atoms with van der Waals surface area (Å²) in [6, 6.07) is 11.8. The Balaban J connectivity index is 2.12. The van der Waals surface area contributed by atoms with Crippen LogP contribution in [-0.4, -0.2) is 0 Å². The molecule has 0 fully saturated rings. The van der Waals surface area contributed by atoms with Gasteiger partial charge < -0.3 is 5.73 Å². The number of hydrogen-bond acceptors (Lipinski definition) is 2. The van der Waals surface area contributed by atoms with E-state index in [1.54, 1.807) is 6.07 Å². The van der Waals surface area contributed by atoms with Gasteiger partial charge >= 0.3 is 0 Å². The predicted octanol–water partition coefficient (Wildman–Crippen LogP) is 4.53. The molecule has 2 rings (SSSR count). The molecule has 100 valence electrons. The number of halogens is 2. The lowest BCUT2D eigenvalue weighted by Gasteiger charge is -2.09. The maximum Gasteiger partial charge on any atom is 0.159 e. The average molecular weight is 279 g/mol. The lowest BCUT2D eigenvalue weighted by atomic mass is 10.1. The van der Waals surface area contributed by atoms with Crippen LogP contribution in [0.4, 0.5) is 8.78 Å². The molecule has 0 saturated heterocycles. The maximum absolute atomic E-state index is 13.1. The first kappa shape index (κ1) is 14.0. The lowest BCUT2D eigenvalue weighted by Crippen LogP contribution is -2.07. The zero-order valence-corrected chi connectivity index (χ0v) is 11.4. The van der Waals surface area contributed by atoms with E-state index in [0.717, 1.165) is 22.9 Å². The molecule has 1 nitrogen and oxygen atoms in total. The standard InChI is InChI=1S/C15H15F2NS/c1-2-15(18)10-3-5-11(6-4-10)19-12-7-8-13(16)14(17)9-12/h3-9,15H,2,18H2,1H3. The molecule has 2 aromatic carbocycles. The minimum absolute atomic E-state index is 0.0438. The number of benzene rings is 2. The Hall–Kier alpha value is -1.39. The molecule has 0 spiro atoms. The Kier molecular flexibility index (Phi) is 4.56. The van der Waals surface area contributed by atoms with E-state index in [1.807, 2.05) is 31.2 Å². The van der Waals surface area contributed by atoms with Crippen LogP contribution in [0.25, 0.3) is 0 Å². The van der Waals surface area contributed by atoms with Crippen molar-refractivity contribution >= 4 is 11.8 Å². The van der Waals surface area contributed by atoms with Crippen molar-refractivity contribution in [1.82, 2.24) is 0 Å². The molecule has 0 aliphatic rings. The largest absolute Gasteiger partial charge is 0.324 e. The van der Waals surface area contributed by atoms with Gasteiger partial charge in [-0.3, -0.25) is 0 Å². The van der Waals surface area contributed by atoms with Crippen molar-refractivity contribution in [3.8, 4) is 0 Å². The molecule has 1 unspecified atom stereocenters. The van der Waals surface area contributed by atoms with E-state index in [1.165, 1.54) is 17.8 Å². The Bertz CT molecular complexity index is 555. The van der Waals surface area contributed by atoms with Crippen molar-refractivity contribution in [2.24, 2.45) is 5.73 Å². The van der Waals surface area contributed by atoms with Crippen LogP contribution in [0.3, 0.4) is 0 Å². The van der Waals surface area contributed by atoms with Crippen LogP contribution in [0.2, 0.25) is 0 Å². The molecule has 0 aliphatic heterocycles. The Morgan fingerprint density at radius 3 is 2.21 bits per heavy atom. The Labute approximate surface area is 115 Å². The first-order valence-corrected chi connectivity index (χ1v) is 6.90. The van der Waals surface area contributed by atoms with Gasteiger partial charge in [0.25, 0.3) is 0 Å². The summed E-state index contributed by atoms with van der Waals surface area (Å²) in [5.74, 6) is -1.65. The highest BCUT2D eigenvalue weighted by atomic mass is 32.2. The molecule has 0 aromatic heterocycles. The summed E-state index contributed by atoms with van der Waals surface area (Å²) in [6.45, 7) is 2.04. The molecule has 0 amide bonds. The van der Waals surface area contributed by atoms with Crippen molar-refractivity contribution in [3.05, 3.63) is 59.7 Å². The Morgan fingerprint density at radius 1 is 1.00 bits per heavy atom. The second-order valence-corrected chi connectivity index (χ2v) is 5.41. The Morgan fingerprint density at radius 2 is 1.63 bits per heavy atom. The van der Waals surface area contributed by atoms with Crippen molar-refractivity contribution in [2.45, 2.75) is 29.2 Å². The predicted molar refractivity (Wildman–Crippen MR) is 74.1 cm³/mol. The number of hydrogen-bond donors (Lipinski definition) is 1. The summed E-state index contributed by atoms with van der Waals surface area (Å²) in [6.07, 6.45) is 0.885. The van der Waals surface area contributed by atoms with Gasteiger partial charge in [0.1, 0.15) is 0 Å². The average Bonchev–Trinajstić information content (AvgIpc) is 2.43.